The number of carbonyl (C=O) groups is 1. The van der Waals surface area contributed by atoms with Crippen molar-refractivity contribution < 1.29 is 13.7 Å². The van der Waals surface area contributed by atoms with Crippen molar-refractivity contribution in [2.45, 2.75) is 25.7 Å². The SMILES string of the molecule is Cc1cc(C(=O)N2CCCC(c3nc(-c4cccc(F)c4)no3)C2)c2[nH]ncc2c1. The number of aryl methyl sites for hydroxylation is 1. The molecule has 1 atom stereocenters. The van der Waals surface area contributed by atoms with Gasteiger partial charge in [-0.15, -0.1) is 0 Å². The zero-order valence-corrected chi connectivity index (χ0v) is 16.4. The average Bonchev–Trinajstić information content (AvgIpc) is 3.42. The van der Waals surface area contributed by atoms with E-state index in [4.69, 9.17) is 4.52 Å². The minimum Gasteiger partial charge on any atom is -0.339 e. The number of amides is 1. The molecule has 0 spiro atoms. The van der Waals surface area contributed by atoms with Crippen molar-refractivity contribution in [3.05, 3.63) is 65.4 Å². The first-order valence-electron chi connectivity index (χ1n) is 9.91. The zero-order valence-electron chi connectivity index (χ0n) is 16.4. The largest absolute Gasteiger partial charge is 0.339 e. The number of hydrogen-bond acceptors (Lipinski definition) is 5. The lowest BCUT2D eigenvalue weighted by Crippen LogP contribution is -2.39. The third-order valence-corrected chi connectivity index (χ3v) is 5.51. The molecule has 1 unspecified atom stereocenters. The molecule has 3 heterocycles. The van der Waals surface area contributed by atoms with Crippen molar-refractivity contribution in [2.24, 2.45) is 0 Å². The van der Waals surface area contributed by atoms with E-state index in [9.17, 15) is 9.18 Å². The number of likely N-dealkylation sites (tertiary alicyclic amines) is 1. The Morgan fingerprint density at radius 3 is 3.07 bits per heavy atom. The van der Waals surface area contributed by atoms with Crippen LogP contribution in [0.25, 0.3) is 22.3 Å². The molecule has 0 saturated carbocycles. The maximum absolute atomic E-state index is 13.5. The Bertz CT molecular complexity index is 1230. The second-order valence-corrected chi connectivity index (χ2v) is 7.70. The highest BCUT2D eigenvalue weighted by Crippen LogP contribution is 2.29. The fourth-order valence-electron chi connectivity index (χ4n) is 4.06. The van der Waals surface area contributed by atoms with Crippen LogP contribution in [0.15, 0.2) is 47.1 Å². The van der Waals surface area contributed by atoms with Crippen LogP contribution >= 0.6 is 0 Å². The molecule has 1 aliphatic rings. The zero-order chi connectivity index (χ0) is 20.7. The molecule has 7 nitrogen and oxygen atoms in total. The molecule has 1 aliphatic heterocycles. The van der Waals surface area contributed by atoms with Crippen molar-refractivity contribution in [1.82, 2.24) is 25.2 Å². The summed E-state index contributed by atoms with van der Waals surface area (Å²) in [5, 5.41) is 11.9. The monoisotopic (exact) mass is 405 g/mol. The van der Waals surface area contributed by atoms with Crippen LogP contribution in [0, 0.1) is 12.7 Å². The molecule has 4 aromatic rings. The number of halogens is 1. The molecule has 152 valence electrons. The van der Waals surface area contributed by atoms with Gasteiger partial charge >= 0.3 is 0 Å². The number of piperidine rings is 1. The Hall–Kier alpha value is -3.55. The number of rotatable bonds is 3. The summed E-state index contributed by atoms with van der Waals surface area (Å²) >= 11 is 0. The summed E-state index contributed by atoms with van der Waals surface area (Å²) < 4.78 is 19.0. The van der Waals surface area contributed by atoms with Gasteiger partial charge in [-0.1, -0.05) is 17.3 Å². The number of carbonyl (C=O) groups excluding carboxylic acids is 1. The Morgan fingerprint density at radius 1 is 1.30 bits per heavy atom. The van der Waals surface area contributed by atoms with Gasteiger partial charge in [-0.2, -0.15) is 10.1 Å². The van der Waals surface area contributed by atoms with E-state index in [-0.39, 0.29) is 17.6 Å². The van der Waals surface area contributed by atoms with E-state index in [1.54, 1.807) is 18.3 Å². The van der Waals surface area contributed by atoms with Crippen LogP contribution in [0.5, 0.6) is 0 Å². The highest BCUT2D eigenvalue weighted by molar-refractivity contribution is 6.05. The number of nitrogens with one attached hydrogen (secondary N) is 1. The Balaban J connectivity index is 1.39. The quantitative estimate of drug-likeness (QED) is 0.555. The second-order valence-electron chi connectivity index (χ2n) is 7.70. The Kier molecular flexibility index (Phi) is 4.54. The summed E-state index contributed by atoms with van der Waals surface area (Å²) in [6, 6.07) is 9.99. The van der Waals surface area contributed by atoms with Crippen LogP contribution < -0.4 is 0 Å². The number of H-pyrrole nitrogens is 1. The lowest BCUT2D eigenvalue weighted by atomic mass is 9.96. The van der Waals surface area contributed by atoms with E-state index in [0.29, 0.717) is 35.9 Å². The molecule has 2 aromatic heterocycles. The van der Waals surface area contributed by atoms with Gasteiger partial charge < -0.3 is 9.42 Å². The molecule has 0 radical (unpaired) electrons. The number of fused-ring (bicyclic) bond motifs is 1. The minimum absolute atomic E-state index is 0.0393. The number of hydrogen-bond donors (Lipinski definition) is 1. The molecule has 1 amide bonds. The summed E-state index contributed by atoms with van der Waals surface area (Å²) in [4.78, 5) is 19.6. The van der Waals surface area contributed by atoms with Gasteiger partial charge in [-0.3, -0.25) is 9.89 Å². The number of benzene rings is 2. The molecule has 5 rings (SSSR count). The molecule has 0 aliphatic carbocycles. The van der Waals surface area contributed by atoms with Gasteiger partial charge in [0.2, 0.25) is 11.7 Å². The molecular weight excluding hydrogens is 385 g/mol. The first kappa shape index (κ1) is 18.5. The molecule has 0 bridgehead atoms. The fraction of sp³-hybridized carbons (Fsp3) is 0.273. The van der Waals surface area contributed by atoms with Crippen molar-refractivity contribution in [1.29, 1.82) is 0 Å². The summed E-state index contributed by atoms with van der Waals surface area (Å²) in [6.45, 7) is 3.13. The summed E-state index contributed by atoms with van der Waals surface area (Å²) in [5.74, 6) is 0.382. The third-order valence-electron chi connectivity index (χ3n) is 5.51. The summed E-state index contributed by atoms with van der Waals surface area (Å²) in [6.07, 6.45) is 3.42. The Morgan fingerprint density at radius 2 is 2.20 bits per heavy atom. The van der Waals surface area contributed by atoms with Crippen LogP contribution in [0.1, 0.15) is 40.6 Å². The number of aromatic amines is 1. The molecule has 8 heteroatoms. The van der Waals surface area contributed by atoms with E-state index in [0.717, 1.165) is 29.3 Å². The predicted octanol–water partition coefficient (Wildman–Crippen LogP) is 4.08. The number of nitrogens with zero attached hydrogens (tertiary/aromatic N) is 4. The highest BCUT2D eigenvalue weighted by Gasteiger charge is 2.30. The molecule has 2 aromatic carbocycles. The Labute approximate surface area is 171 Å². The van der Waals surface area contributed by atoms with Crippen LogP contribution in [-0.2, 0) is 0 Å². The first-order valence-corrected chi connectivity index (χ1v) is 9.91. The fourth-order valence-corrected chi connectivity index (χ4v) is 4.06. The second kappa shape index (κ2) is 7.37. The van der Waals surface area contributed by atoms with Crippen LogP contribution in [-0.4, -0.2) is 44.2 Å². The van der Waals surface area contributed by atoms with Gasteiger partial charge in [0.25, 0.3) is 5.91 Å². The first-order chi connectivity index (χ1) is 14.6. The maximum Gasteiger partial charge on any atom is 0.256 e. The highest BCUT2D eigenvalue weighted by atomic mass is 19.1. The maximum atomic E-state index is 13.5. The molecule has 1 N–H and O–H groups in total. The lowest BCUT2D eigenvalue weighted by Gasteiger charge is -2.31. The van der Waals surface area contributed by atoms with Crippen molar-refractivity contribution in [3.63, 3.8) is 0 Å². The average molecular weight is 405 g/mol. The normalized spacial score (nSPS) is 16.9. The van der Waals surface area contributed by atoms with Crippen molar-refractivity contribution in [2.75, 3.05) is 13.1 Å². The van der Waals surface area contributed by atoms with Gasteiger partial charge in [0.15, 0.2) is 0 Å². The van der Waals surface area contributed by atoms with Gasteiger partial charge in [-0.25, -0.2) is 4.39 Å². The van der Waals surface area contributed by atoms with Crippen LogP contribution in [0.2, 0.25) is 0 Å². The number of aromatic nitrogens is 4. The van der Waals surface area contributed by atoms with E-state index in [2.05, 4.69) is 20.3 Å². The van der Waals surface area contributed by atoms with E-state index in [1.165, 1.54) is 12.1 Å². The molecular formula is C22H20FN5O2. The minimum atomic E-state index is -0.350. The van der Waals surface area contributed by atoms with Gasteiger partial charge in [0.1, 0.15) is 5.82 Å². The van der Waals surface area contributed by atoms with Gasteiger partial charge in [0, 0.05) is 24.0 Å². The summed E-state index contributed by atoms with van der Waals surface area (Å²) in [7, 11) is 0. The standard InChI is InChI=1S/C22H20FN5O2/c1-13-8-16-11-24-26-19(16)18(9-13)22(29)28-7-3-5-15(12-28)21-25-20(27-30-21)14-4-2-6-17(23)10-14/h2,4,6,8-11,15H,3,5,7,12H2,1H3,(H,24,26). The van der Waals surface area contributed by atoms with E-state index in [1.807, 2.05) is 24.0 Å². The van der Waals surface area contributed by atoms with Crippen LogP contribution in [0.3, 0.4) is 0 Å². The van der Waals surface area contributed by atoms with Crippen LogP contribution in [0.4, 0.5) is 4.39 Å². The van der Waals surface area contributed by atoms with Crippen molar-refractivity contribution >= 4 is 16.8 Å². The third kappa shape index (κ3) is 3.34. The van der Waals surface area contributed by atoms with E-state index < -0.39 is 0 Å². The molecule has 1 fully saturated rings. The van der Waals surface area contributed by atoms with Gasteiger partial charge in [0.05, 0.1) is 23.2 Å². The predicted molar refractivity (Wildman–Crippen MR) is 108 cm³/mol. The van der Waals surface area contributed by atoms with Gasteiger partial charge in [-0.05, 0) is 49.6 Å². The molecule has 1 saturated heterocycles. The summed E-state index contributed by atoms with van der Waals surface area (Å²) in [5.41, 5.74) is 2.95. The topological polar surface area (TPSA) is 87.9 Å². The van der Waals surface area contributed by atoms with E-state index >= 15 is 0 Å². The lowest BCUT2D eigenvalue weighted by molar-refractivity contribution is 0.0697. The molecule has 30 heavy (non-hydrogen) atoms. The van der Waals surface area contributed by atoms with Crippen molar-refractivity contribution in [3.8, 4) is 11.4 Å². The smallest absolute Gasteiger partial charge is 0.256 e.